The van der Waals surface area contributed by atoms with Crippen LogP contribution in [0.3, 0.4) is 0 Å². The van der Waals surface area contributed by atoms with Crippen molar-refractivity contribution in [1.82, 2.24) is 5.32 Å². The molecule has 0 aliphatic heterocycles. The first-order valence-electron chi connectivity index (χ1n) is 21.2. The molecule has 0 spiro atoms. The highest BCUT2D eigenvalue weighted by Gasteiger charge is 2.28. The van der Waals surface area contributed by atoms with E-state index in [9.17, 15) is 25.2 Å². The lowest BCUT2D eigenvalue weighted by atomic mass is 10.00. The highest BCUT2D eigenvalue weighted by molar-refractivity contribution is 5.80. The van der Waals surface area contributed by atoms with Crippen LogP contribution in [0.25, 0.3) is 0 Å². The van der Waals surface area contributed by atoms with Crippen molar-refractivity contribution in [2.45, 2.75) is 237 Å². The van der Waals surface area contributed by atoms with Gasteiger partial charge in [0.2, 0.25) is 5.91 Å². The summed E-state index contributed by atoms with van der Waals surface area (Å²) in [6.45, 7) is 4.01. The van der Waals surface area contributed by atoms with E-state index in [2.05, 4.69) is 43.5 Å². The van der Waals surface area contributed by atoms with Crippen LogP contribution in [0.15, 0.2) is 24.3 Å². The van der Waals surface area contributed by atoms with Crippen molar-refractivity contribution < 1.29 is 25.2 Å². The average Bonchev–Trinajstić information content (AvgIpc) is 3.11. The van der Waals surface area contributed by atoms with Gasteiger partial charge in [-0.15, -0.1) is 0 Å². The fraction of sp³-hybridized carbons (Fsp3) is 0.884. The van der Waals surface area contributed by atoms with E-state index in [0.29, 0.717) is 19.3 Å². The van der Waals surface area contributed by atoms with Crippen molar-refractivity contribution in [2.24, 2.45) is 0 Å². The molecule has 0 aromatic rings. The highest BCUT2D eigenvalue weighted by atomic mass is 16.3. The minimum absolute atomic E-state index is 0.364. The first kappa shape index (κ1) is 47.8. The monoisotopic (exact) mass is 694 g/mol. The Balaban J connectivity index is 3.76. The second kappa shape index (κ2) is 38.0. The second-order valence-corrected chi connectivity index (χ2v) is 14.7. The number of aliphatic hydroxyl groups excluding tert-OH is 4. The van der Waals surface area contributed by atoms with Crippen LogP contribution in [0, 0.1) is 0 Å². The van der Waals surface area contributed by atoms with Gasteiger partial charge in [0.05, 0.1) is 18.8 Å². The maximum Gasteiger partial charge on any atom is 0.249 e. The smallest absolute Gasteiger partial charge is 0.249 e. The molecule has 290 valence electrons. The summed E-state index contributed by atoms with van der Waals surface area (Å²) in [6.07, 6.45) is 42.1. The molecule has 0 aromatic heterocycles. The first-order valence-corrected chi connectivity index (χ1v) is 21.2. The number of allylic oxidation sites excluding steroid dienone is 4. The van der Waals surface area contributed by atoms with Crippen molar-refractivity contribution in [1.29, 1.82) is 0 Å². The van der Waals surface area contributed by atoms with Crippen LogP contribution in [-0.4, -0.2) is 57.3 Å². The topological polar surface area (TPSA) is 110 Å². The summed E-state index contributed by atoms with van der Waals surface area (Å²) in [5.74, 6) is -0.596. The first-order chi connectivity index (χ1) is 24.0. The molecule has 0 rings (SSSR count). The Morgan fingerprint density at radius 2 is 0.857 bits per heavy atom. The van der Waals surface area contributed by atoms with Gasteiger partial charge in [-0.2, -0.15) is 0 Å². The van der Waals surface area contributed by atoms with Crippen LogP contribution in [0.2, 0.25) is 0 Å². The summed E-state index contributed by atoms with van der Waals surface area (Å²) in [5, 5.41) is 43.5. The number of amides is 1. The highest BCUT2D eigenvalue weighted by Crippen LogP contribution is 2.16. The predicted molar refractivity (Wildman–Crippen MR) is 210 cm³/mol. The average molecular weight is 694 g/mol. The molecule has 0 aromatic carbocycles. The maximum absolute atomic E-state index is 12.5. The van der Waals surface area contributed by atoms with E-state index in [1.54, 1.807) is 0 Å². The Morgan fingerprint density at radius 1 is 0.490 bits per heavy atom. The fourth-order valence-corrected chi connectivity index (χ4v) is 6.48. The van der Waals surface area contributed by atoms with Gasteiger partial charge in [0.25, 0.3) is 0 Å². The van der Waals surface area contributed by atoms with E-state index in [1.807, 2.05) is 0 Å². The van der Waals surface area contributed by atoms with Gasteiger partial charge < -0.3 is 25.7 Å². The van der Waals surface area contributed by atoms with Crippen molar-refractivity contribution in [3.63, 3.8) is 0 Å². The quantitative estimate of drug-likeness (QED) is 0.0327. The molecule has 6 nitrogen and oxygen atoms in total. The number of aliphatic hydroxyl groups is 4. The molecular weight excluding hydrogens is 610 g/mol. The third kappa shape index (κ3) is 32.4. The van der Waals surface area contributed by atoms with Gasteiger partial charge in [0.1, 0.15) is 12.2 Å². The summed E-state index contributed by atoms with van der Waals surface area (Å²) >= 11 is 0. The standard InChI is InChI=1S/C43H83NO5/c1-3-5-7-9-11-13-15-17-18-19-20-21-22-23-25-27-29-31-33-35-37-41(47)43(49)44-39(38-45)42(48)40(46)36-34-32-30-28-26-24-16-14-12-10-8-6-4-2/h14,16,28,30,39-42,45-48H,3-13,15,17-27,29,31-38H2,1-2H3,(H,44,49)/b16-14+,30-28+. The molecule has 6 heteroatoms. The van der Waals surface area contributed by atoms with Gasteiger partial charge in [-0.1, -0.05) is 186 Å². The maximum atomic E-state index is 12.5. The number of unbranched alkanes of at least 4 members (excludes halogenated alkanes) is 25. The van der Waals surface area contributed by atoms with E-state index >= 15 is 0 Å². The minimum atomic E-state index is -1.28. The van der Waals surface area contributed by atoms with Crippen molar-refractivity contribution in [3.05, 3.63) is 24.3 Å². The molecule has 4 atom stereocenters. The molecular formula is C43H83NO5. The summed E-state index contributed by atoms with van der Waals surface area (Å²) in [4.78, 5) is 12.5. The molecule has 0 bridgehead atoms. The molecule has 0 radical (unpaired) electrons. The molecule has 0 fully saturated rings. The molecule has 0 saturated heterocycles. The fourth-order valence-electron chi connectivity index (χ4n) is 6.48. The van der Waals surface area contributed by atoms with E-state index in [-0.39, 0.29) is 0 Å². The normalized spacial score (nSPS) is 14.5. The lowest BCUT2D eigenvalue weighted by molar-refractivity contribution is -0.132. The zero-order chi connectivity index (χ0) is 36.0. The van der Waals surface area contributed by atoms with Crippen molar-refractivity contribution >= 4 is 5.91 Å². The third-order valence-corrected chi connectivity index (χ3v) is 9.89. The van der Waals surface area contributed by atoms with Crippen LogP contribution in [0.5, 0.6) is 0 Å². The largest absolute Gasteiger partial charge is 0.394 e. The lowest BCUT2D eigenvalue weighted by Crippen LogP contribution is -2.53. The van der Waals surface area contributed by atoms with Crippen molar-refractivity contribution in [3.8, 4) is 0 Å². The van der Waals surface area contributed by atoms with Crippen LogP contribution >= 0.6 is 0 Å². The number of hydrogen-bond donors (Lipinski definition) is 5. The third-order valence-electron chi connectivity index (χ3n) is 9.89. The SMILES string of the molecule is CCCCCC/C=C/CC/C=C/CCCC(O)C(O)C(CO)NC(=O)C(O)CCCCCCCCCCCCCCCCCCCCCC. The van der Waals surface area contributed by atoms with E-state index in [0.717, 1.165) is 44.9 Å². The number of hydrogen-bond acceptors (Lipinski definition) is 5. The Labute approximate surface area is 304 Å². The van der Waals surface area contributed by atoms with Gasteiger partial charge in [-0.05, 0) is 51.4 Å². The number of carbonyl (C=O) groups excluding carboxylic acids is 1. The predicted octanol–water partition coefficient (Wildman–Crippen LogP) is 10.8. The Kier molecular flexibility index (Phi) is 37.1. The molecule has 0 aliphatic carbocycles. The van der Waals surface area contributed by atoms with Gasteiger partial charge in [0, 0.05) is 0 Å². The number of nitrogens with one attached hydrogen (secondary N) is 1. The van der Waals surface area contributed by atoms with E-state index in [4.69, 9.17) is 0 Å². The Bertz CT molecular complexity index is 742. The lowest BCUT2D eigenvalue weighted by Gasteiger charge is -2.27. The summed E-state index contributed by atoms with van der Waals surface area (Å²) < 4.78 is 0. The number of carbonyl (C=O) groups is 1. The molecule has 1 amide bonds. The van der Waals surface area contributed by atoms with E-state index < -0.39 is 36.9 Å². The molecule has 0 heterocycles. The van der Waals surface area contributed by atoms with Gasteiger partial charge in [-0.25, -0.2) is 0 Å². The van der Waals surface area contributed by atoms with Crippen LogP contribution in [-0.2, 0) is 4.79 Å². The van der Waals surface area contributed by atoms with Gasteiger partial charge in [-0.3, -0.25) is 4.79 Å². The summed E-state index contributed by atoms with van der Waals surface area (Å²) in [6, 6.07) is -1.00. The van der Waals surface area contributed by atoms with E-state index in [1.165, 1.54) is 135 Å². The Morgan fingerprint density at radius 3 is 1.29 bits per heavy atom. The van der Waals surface area contributed by atoms with Crippen LogP contribution in [0.4, 0.5) is 0 Å². The molecule has 5 N–H and O–H groups in total. The Hall–Kier alpha value is -1.21. The minimum Gasteiger partial charge on any atom is -0.394 e. The zero-order valence-electron chi connectivity index (χ0n) is 32.4. The van der Waals surface area contributed by atoms with Gasteiger partial charge in [0.15, 0.2) is 0 Å². The van der Waals surface area contributed by atoms with Gasteiger partial charge >= 0.3 is 0 Å². The zero-order valence-corrected chi connectivity index (χ0v) is 32.4. The van der Waals surface area contributed by atoms with Crippen LogP contribution in [0.1, 0.15) is 213 Å². The summed E-state index contributed by atoms with van der Waals surface area (Å²) in [5.41, 5.74) is 0. The summed E-state index contributed by atoms with van der Waals surface area (Å²) in [7, 11) is 0. The second-order valence-electron chi connectivity index (χ2n) is 14.7. The molecule has 0 aliphatic rings. The molecule has 49 heavy (non-hydrogen) atoms. The molecule has 0 saturated carbocycles. The molecule has 4 unspecified atom stereocenters. The van der Waals surface area contributed by atoms with Crippen molar-refractivity contribution in [2.75, 3.05) is 6.61 Å². The number of rotatable bonds is 38. The van der Waals surface area contributed by atoms with Crippen LogP contribution < -0.4 is 5.32 Å².